The van der Waals surface area contributed by atoms with Gasteiger partial charge in [-0.05, 0) is 60.1 Å². The molecule has 1 fully saturated rings. The Morgan fingerprint density at radius 3 is 2.38 bits per heavy atom. The predicted molar refractivity (Wildman–Crippen MR) is 131 cm³/mol. The van der Waals surface area contributed by atoms with Crippen molar-refractivity contribution in [3.05, 3.63) is 59.2 Å². The van der Waals surface area contributed by atoms with E-state index in [9.17, 15) is 14.4 Å². The summed E-state index contributed by atoms with van der Waals surface area (Å²) < 4.78 is 5.67. The third-order valence-electron chi connectivity index (χ3n) is 7.29. The molecule has 0 spiro atoms. The summed E-state index contributed by atoms with van der Waals surface area (Å²) in [7, 11) is 0. The molecule has 2 heterocycles. The minimum absolute atomic E-state index is 0.00485. The van der Waals surface area contributed by atoms with Gasteiger partial charge in [0.15, 0.2) is 6.61 Å². The van der Waals surface area contributed by atoms with Crippen molar-refractivity contribution >= 4 is 23.4 Å². The molecule has 2 aromatic carbocycles. The van der Waals surface area contributed by atoms with E-state index in [0.717, 1.165) is 23.2 Å². The van der Waals surface area contributed by atoms with Gasteiger partial charge in [0.05, 0.1) is 12.2 Å². The number of amides is 3. The van der Waals surface area contributed by atoms with Crippen molar-refractivity contribution < 1.29 is 19.1 Å². The average molecular weight is 464 g/mol. The highest BCUT2D eigenvalue weighted by Crippen LogP contribution is 2.38. The van der Waals surface area contributed by atoms with Crippen molar-refractivity contribution in [3.63, 3.8) is 0 Å². The topological polar surface area (TPSA) is 92.9 Å². The number of primary amides is 1. The number of anilines is 1. The normalized spacial score (nSPS) is 16.7. The molecule has 0 unspecified atom stereocenters. The van der Waals surface area contributed by atoms with Gasteiger partial charge in [0.25, 0.3) is 11.8 Å². The van der Waals surface area contributed by atoms with E-state index in [4.69, 9.17) is 10.5 Å². The summed E-state index contributed by atoms with van der Waals surface area (Å²) in [5, 5.41) is 0. The summed E-state index contributed by atoms with van der Waals surface area (Å²) in [5.41, 5.74) is 8.87. The molecule has 2 N–H and O–H groups in total. The second-order valence-corrected chi connectivity index (χ2v) is 9.85. The van der Waals surface area contributed by atoms with Crippen LogP contribution in [0.5, 0.6) is 5.75 Å². The summed E-state index contributed by atoms with van der Waals surface area (Å²) in [5.74, 6) is 0.136. The Morgan fingerprint density at radius 1 is 1.09 bits per heavy atom. The monoisotopic (exact) mass is 463 g/mol. The Kier molecular flexibility index (Phi) is 6.64. The first-order chi connectivity index (χ1) is 16.2. The van der Waals surface area contributed by atoms with Gasteiger partial charge in [-0.3, -0.25) is 14.4 Å². The average Bonchev–Trinajstić information content (AvgIpc) is 2.85. The predicted octanol–water partition coefficient (Wildman–Crippen LogP) is 3.64. The van der Waals surface area contributed by atoms with Gasteiger partial charge in [-0.15, -0.1) is 0 Å². The van der Waals surface area contributed by atoms with Crippen LogP contribution < -0.4 is 15.4 Å². The quantitative estimate of drug-likeness (QED) is 0.708. The molecule has 0 aliphatic carbocycles. The number of nitrogens with zero attached hydrogens (tertiary/aromatic N) is 2. The van der Waals surface area contributed by atoms with Gasteiger partial charge in [-0.1, -0.05) is 39.0 Å². The third-order valence-corrected chi connectivity index (χ3v) is 7.29. The van der Waals surface area contributed by atoms with E-state index >= 15 is 0 Å². The number of piperidine rings is 1. The Morgan fingerprint density at radius 2 is 1.76 bits per heavy atom. The number of likely N-dealkylation sites (tertiary alicyclic amines) is 1. The van der Waals surface area contributed by atoms with Crippen molar-refractivity contribution in [2.45, 2.75) is 52.0 Å². The Hall–Kier alpha value is -3.35. The van der Waals surface area contributed by atoms with Crippen LogP contribution in [0.2, 0.25) is 0 Å². The first kappa shape index (κ1) is 23.8. The maximum atomic E-state index is 12.9. The van der Waals surface area contributed by atoms with Crippen molar-refractivity contribution in [3.8, 4) is 5.75 Å². The van der Waals surface area contributed by atoms with E-state index in [-0.39, 0.29) is 35.7 Å². The molecule has 3 amide bonds. The fourth-order valence-corrected chi connectivity index (χ4v) is 4.49. The lowest BCUT2D eigenvalue weighted by atomic mass is 9.82. The zero-order valence-corrected chi connectivity index (χ0v) is 20.2. The minimum Gasteiger partial charge on any atom is -0.482 e. The lowest BCUT2D eigenvalue weighted by Gasteiger charge is -2.32. The van der Waals surface area contributed by atoms with Gasteiger partial charge >= 0.3 is 0 Å². The standard InChI is InChI=1S/C27H33N3O4/c1-4-27(2,3)21-9-10-23-22(15-21)30(24(31)17-34-23)16-18-5-7-20(8-6-18)26(33)29-13-11-19(12-14-29)25(28)32/h5-10,15,19H,4,11-14,16-17H2,1-3H3,(H2,28,32). The Labute approximate surface area is 200 Å². The molecule has 0 bridgehead atoms. The van der Waals surface area contributed by atoms with Crippen molar-refractivity contribution in [1.82, 2.24) is 4.90 Å². The molecular formula is C27H33N3O4. The Balaban J connectivity index is 1.49. The van der Waals surface area contributed by atoms with Crippen LogP contribution in [-0.2, 0) is 21.5 Å². The van der Waals surface area contributed by atoms with Crippen LogP contribution in [0.1, 0.15) is 61.5 Å². The van der Waals surface area contributed by atoms with Crippen LogP contribution in [0.25, 0.3) is 0 Å². The molecule has 1 saturated heterocycles. The molecular weight excluding hydrogens is 430 g/mol. The molecule has 7 heteroatoms. The van der Waals surface area contributed by atoms with Gasteiger partial charge in [0.1, 0.15) is 5.75 Å². The number of nitrogens with two attached hydrogens (primary N) is 1. The molecule has 2 aromatic rings. The molecule has 7 nitrogen and oxygen atoms in total. The van der Waals surface area contributed by atoms with Crippen LogP contribution in [0.3, 0.4) is 0 Å². The van der Waals surface area contributed by atoms with Crippen LogP contribution in [0.4, 0.5) is 5.69 Å². The maximum absolute atomic E-state index is 12.9. The second kappa shape index (κ2) is 9.49. The number of carbonyl (C=O) groups excluding carboxylic acids is 3. The third kappa shape index (κ3) is 4.79. The molecule has 2 aliphatic heterocycles. The van der Waals surface area contributed by atoms with E-state index in [0.29, 0.717) is 43.8 Å². The van der Waals surface area contributed by atoms with Crippen molar-refractivity contribution in [2.24, 2.45) is 11.7 Å². The van der Waals surface area contributed by atoms with Gasteiger partial charge in [0.2, 0.25) is 5.91 Å². The fraction of sp³-hybridized carbons (Fsp3) is 0.444. The smallest absolute Gasteiger partial charge is 0.265 e. The van der Waals surface area contributed by atoms with Crippen LogP contribution >= 0.6 is 0 Å². The number of fused-ring (bicyclic) bond motifs is 1. The first-order valence-electron chi connectivity index (χ1n) is 11.9. The molecule has 4 rings (SSSR count). The molecule has 0 saturated carbocycles. The largest absolute Gasteiger partial charge is 0.482 e. The number of rotatable bonds is 6. The molecule has 2 aliphatic rings. The van der Waals surface area contributed by atoms with Gasteiger partial charge in [-0.25, -0.2) is 0 Å². The van der Waals surface area contributed by atoms with Crippen molar-refractivity contribution in [2.75, 3.05) is 24.6 Å². The molecule has 180 valence electrons. The zero-order chi connectivity index (χ0) is 24.5. The van der Waals surface area contributed by atoms with E-state index in [2.05, 4.69) is 32.9 Å². The summed E-state index contributed by atoms with van der Waals surface area (Å²) >= 11 is 0. The lowest BCUT2D eigenvalue weighted by Crippen LogP contribution is -2.41. The SMILES string of the molecule is CCC(C)(C)c1ccc2c(c1)N(Cc1ccc(C(=O)N3CCC(C(N)=O)CC3)cc1)C(=O)CO2. The molecule has 0 aromatic heterocycles. The summed E-state index contributed by atoms with van der Waals surface area (Å²) in [4.78, 5) is 40.5. The molecule has 0 radical (unpaired) electrons. The highest BCUT2D eigenvalue weighted by molar-refractivity contribution is 5.98. The molecule has 0 atom stereocenters. The van der Waals surface area contributed by atoms with Gasteiger partial charge in [-0.2, -0.15) is 0 Å². The fourth-order valence-electron chi connectivity index (χ4n) is 4.49. The minimum atomic E-state index is -0.291. The maximum Gasteiger partial charge on any atom is 0.265 e. The summed E-state index contributed by atoms with van der Waals surface area (Å²) in [6.45, 7) is 8.02. The first-order valence-corrected chi connectivity index (χ1v) is 11.9. The van der Waals surface area contributed by atoms with E-state index in [1.54, 1.807) is 21.9 Å². The van der Waals surface area contributed by atoms with Crippen LogP contribution in [-0.4, -0.2) is 42.3 Å². The molecule has 34 heavy (non-hydrogen) atoms. The van der Waals surface area contributed by atoms with Crippen LogP contribution in [0, 0.1) is 5.92 Å². The van der Waals surface area contributed by atoms with E-state index in [1.807, 2.05) is 18.2 Å². The summed E-state index contributed by atoms with van der Waals surface area (Å²) in [6, 6.07) is 13.5. The van der Waals surface area contributed by atoms with Crippen LogP contribution in [0.15, 0.2) is 42.5 Å². The number of benzene rings is 2. The highest BCUT2D eigenvalue weighted by Gasteiger charge is 2.29. The number of hydrogen-bond acceptors (Lipinski definition) is 4. The van der Waals surface area contributed by atoms with Crippen molar-refractivity contribution in [1.29, 1.82) is 0 Å². The second-order valence-electron chi connectivity index (χ2n) is 9.85. The van der Waals surface area contributed by atoms with E-state index < -0.39 is 0 Å². The number of hydrogen-bond donors (Lipinski definition) is 1. The van der Waals surface area contributed by atoms with Gasteiger partial charge < -0.3 is 20.3 Å². The van der Waals surface area contributed by atoms with E-state index in [1.165, 1.54) is 0 Å². The van der Waals surface area contributed by atoms with Gasteiger partial charge in [0, 0.05) is 24.6 Å². The highest BCUT2D eigenvalue weighted by atomic mass is 16.5. The zero-order valence-electron chi connectivity index (χ0n) is 20.2. The number of carbonyl (C=O) groups is 3. The lowest BCUT2D eigenvalue weighted by molar-refractivity contribution is -0.123. The Bertz CT molecular complexity index is 1090. The summed E-state index contributed by atoms with van der Waals surface area (Å²) in [6.07, 6.45) is 2.19. The number of ether oxygens (including phenoxy) is 1.